The van der Waals surface area contributed by atoms with Crippen molar-refractivity contribution in [2.75, 3.05) is 19.6 Å². The number of rotatable bonds is 3. The van der Waals surface area contributed by atoms with Crippen LogP contribution in [0.5, 0.6) is 0 Å². The molecule has 3 atom stereocenters. The highest BCUT2D eigenvalue weighted by Crippen LogP contribution is 2.69. The van der Waals surface area contributed by atoms with E-state index in [0.717, 1.165) is 48.2 Å². The predicted octanol–water partition coefficient (Wildman–Crippen LogP) is 4.06. The SMILES string of the molecule is CCN1CCC[C@@H]1CN1C(=O)[C@@H]2[C@@H](C1=O)C1(Cl)c3ccccc3C2(Cl)c2ccccc21. The molecule has 3 aliphatic carbocycles. The second kappa shape index (κ2) is 6.57. The van der Waals surface area contributed by atoms with E-state index in [1.165, 1.54) is 4.90 Å². The Morgan fingerprint density at radius 3 is 1.74 bits per heavy atom. The first-order valence-corrected chi connectivity index (χ1v) is 11.9. The summed E-state index contributed by atoms with van der Waals surface area (Å²) < 4.78 is 0. The molecule has 0 aromatic heterocycles. The van der Waals surface area contributed by atoms with Crippen LogP contribution in [0.2, 0.25) is 0 Å². The van der Waals surface area contributed by atoms with Gasteiger partial charge >= 0.3 is 0 Å². The summed E-state index contributed by atoms with van der Waals surface area (Å²) in [4.78, 5) is 29.3. The normalized spacial score (nSPS) is 36.0. The number of hydrogen-bond acceptors (Lipinski definition) is 3. The van der Waals surface area contributed by atoms with Crippen LogP contribution in [0.25, 0.3) is 0 Å². The molecule has 160 valence electrons. The minimum atomic E-state index is -1.09. The predicted molar refractivity (Wildman–Crippen MR) is 120 cm³/mol. The molecule has 6 heteroatoms. The third-order valence-electron chi connectivity index (χ3n) is 7.98. The summed E-state index contributed by atoms with van der Waals surface area (Å²) in [5.74, 6) is -1.75. The third-order valence-corrected chi connectivity index (χ3v) is 9.26. The second-order valence-electron chi connectivity index (χ2n) is 9.18. The van der Waals surface area contributed by atoms with E-state index in [1.54, 1.807) is 0 Å². The summed E-state index contributed by atoms with van der Waals surface area (Å²) in [6.45, 7) is 4.48. The van der Waals surface area contributed by atoms with E-state index < -0.39 is 21.6 Å². The third kappa shape index (κ3) is 2.26. The molecular formula is C25H24Cl2N2O2. The molecule has 0 spiro atoms. The molecule has 5 aliphatic rings. The maximum atomic E-state index is 13.8. The van der Waals surface area contributed by atoms with E-state index in [9.17, 15) is 9.59 Å². The van der Waals surface area contributed by atoms with Crippen molar-refractivity contribution in [2.45, 2.75) is 35.6 Å². The van der Waals surface area contributed by atoms with E-state index in [4.69, 9.17) is 23.2 Å². The Bertz CT molecular complexity index is 995. The van der Waals surface area contributed by atoms with Gasteiger partial charge in [-0.3, -0.25) is 19.4 Å². The summed E-state index contributed by atoms with van der Waals surface area (Å²) in [7, 11) is 0. The summed E-state index contributed by atoms with van der Waals surface area (Å²) in [6, 6.07) is 15.8. The molecule has 0 N–H and O–H groups in total. The fourth-order valence-corrected chi connectivity index (χ4v) is 7.73. The molecule has 0 unspecified atom stereocenters. The molecular weight excluding hydrogens is 431 g/mol. The zero-order valence-electron chi connectivity index (χ0n) is 17.4. The highest BCUT2D eigenvalue weighted by molar-refractivity contribution is 6.36. The van der Waals surface area contributed by atoms with Crippen LogP contribution < -0.4 is 0 Å². The Balaban J connectivity index is 1.52. The maximum Gasteiger partial charge on any atom is 0.235 e. The molecule has 0 saturated carbocycles. The molecule has 2 bridgehead atoms. The number of imide groups is 1. The van der Waals surface area contributed by atoms with Crippen LogP contribution in [0, 0.1) is 11.8 Å². The van der Waals surface area contributed by atoms with Crippen molar-refractivity contribution < 1.29 is 9.59 Å². The Kier molecular flexibility index (Phi) is 4.19. The Labute approximate surface area is 192 Å². The molecule has 31 heavy (non-hydrogen) atoms. The lowest BCUT2D eigenvalue weighted by Gasteiger charge is -2.54. The summed E-state index contributed by atoms with van der Waals surface area (Å²) in [5, 5.41) is 0. The van der Waals surface area contributed by atoms with Crippen LogP contribution in [0.4, 0.5) is 0 Å². The zero-order valence-corrected chi connectivity index (χ0v) is 18.9. The Morgan fingerprint density at radius 2 is 1.32 bits per heavy atom. The molecule has 2 aromatic rings. The topological polar surface area (TPSA) is 40.6 Å². The van der Waals surface area contributed by atoms with Crippen molar-refractivity contribution in [1.29, 1.82) is 0 Å². The van der Waals surface area contributed by atoms with Crippen molar-refractivity contribution in [3.63, 3.8) is 0 Å². The molecule has 0 radical (unpaired) electrons. The van der Waals surface area contributed by atoms with Gasteiger partial charge in [0, 0.05) is 12.6 Å². The van der Waals surface area contributed by atoms with Crippen LogP contribution in [0.15, 0.2) is 48.5 Å². The Hall–Kier alpha value is -1.88. The maximum absolute atomic E-state index is 13.8. The van der Waals surface area contributed by atoms with Gasteiger partial charge in [-0.2, -0.15) is 0 Å². The van der Waals surface area contributed by atoms with E-state index in [2.05, 4.69) is 11.8 Å². The molecule has 2 fully saturated rings. The monoisotopic (exact) mass is 454 g/mol. The van der Waals surface area contributed by atoms with Gasteiger partial charge in [0.2, 0.25) is 11.8 Å². The standard InChI is InChI=1S/C25H24Cl2N2O2/c1-2-28-13-7-8-15(28)14-29-22(30)20-21(23(29)31)25(27)17-10-4-3-9-16(17)24(20,26)18-11-5-6-12-19(18)25/h3-6,9-12,15,20-21H,2,7-8,13-14H2,1H3/t15-,20+,21+,24?,25?/m1/s1. The minimum Gasteiger partial charge on any atom is -0.299 e. The van der Waals surface area contributed by atoms with Crippen LogP contribution in [0.1, 0.15) is 42.0 Å². The smallest absolute Gasteiger partial charge is 0.235 e. The van der Waals surface area contributed by atoms with Gasteiger partial charge in [0.05, 0.1) is 11.8 Å². The zero-order chi connectivity index (χ0) is 21.5. The van der Waals surface area contributed by atoms with E-state index >= 15 is 0 Å². The van der Waals surface area contributed by atoms with E-state index in [-0.39, 0.29) is 17.9 Å². The van der Waals surface area contributed by atoms with Crippen molar-refractivity contribution in [2.24, 2.45) is 11.8 Å². The largest absolute Gasteiger partial charge is 0.299 e. The van der Waals surface area contributed by atoms with Crippen LogP contribution >= 0.6 is 23.2 Å². The van der Waals surface area contributed by atoms with Crippen LogP contribution in [-0.2, 0) is 19.3 Å². The average Bonchev–Trinajstić information content (AvgIpc) is 3.35. The number of likely N-dealkylation sites (tertiary alicyclic amines) is 2. The number of hydrogen-bond donors (Lipinski definition) is 0. The molecule has 2 aromatic carbocycles. The van der Waals surface area contributed by atoms with Gasteiger partial charge in [-0.25, -0.2) is 0 Å². The lowest BCUT2D eigenvalue weighted by Crippen LogP contribution is -2.57. The van der Waals surface area contributed by atoms with Gasteiger partial charge in [-0.05, 0) is 48.2 Å². The van der Waals surface area contributed by atoms with Gasteiger partial charge in [0.25, 0.3) is 0 Å². The fraction of sp³-hybridized carbons (Fsp3) is 0.440. The van der Waals surface area contributed by atoms with Crippen LogP contribution in [-0.4, -0.2) is 47.3 Å². The van der Waals surface area contributed by atoms with Gasteiger partial charge < -0.3 is 0 Å². The average molecular weight is 455 g/mol. The lowest BCUT2D eigenvalue weighted by molar-refractivity contribution is -0.140. The van der Waals surface area contributed by atoms with Crippen molar-refractivity contribution in [3.8, 4) is 0 Å². The molecule has 2 saturated heterocycles. The van der Waals surface area contributed by atoms with Crippen molar-refractivity contribution in [1.82, 2.24) is 9.80 Å². The first kappa shape index (κ1) is 19.8. The van der Waals surface area contributed by atoms with Crippen LogP contribution in [0.3, 0.4) is 0 Å². The number of amides is 2. The highest BCUT2D eigenvalue weighted by atomic mass is 35.5. The highest BCUT2D eigenvalue weighted by Gasteiger charge is 2.73. The van der Waals surface area contributed by atoms with Gasteiger partial charge in [0.15, 0.2) is 0 Å². The van der Waals surface area contributed by atoms with Crippen molar-refractivity contribution >= 4 is 35.0 Å². The lowest BCUT2D eigenvalue weighted by atomic mass is 9.54. The van der Waals surface area contributed by atoms with Gasteiger partial charge in [-0.1, -0.05) is 55.5 Å². The Morgan fingerprint density at radius 1 is 0.871 bits per heavy atom. The molecule has 2 heterocycles. The summed E-state index contributed by atoms with van der Waals surface area (Å²) in [5.41, 5.74) is 3.41. The number of nitrogens with zero attached hydrogens (tertiary/aromatic N) is 2. The number of alkyl halides is 2. The number of benzene rings is 2. The van der Waals surface area contributed by atoms with Crippen molar-refractivity contribution in [3.05, 3.63) is 70.8 Å². The fourth-order valence-electron chi connectivity index (χ4n) is 6.63. The number of halogens is 2. The minimum absolute atomic E-state index is 0.179. The number of carbonyl (C=O) groups excluding carboxylic acids is 2. The summed E-state index contributed by atoms with van der Waals surface area (Å²) >= 11 is 14.9. The van der Waals surface area contributed by atoms with E-state index in [0.29, 0.717) is 6.54 Å². The van der Waals surface area contributed by atoms with E-state index in [1.807, 2.05) is 48.5 Å². The number of carbonyl (C=O) groups is 2. The molecule has 7 rings (SSSR count). The quantitative estimate of drug-likeness (QED) is 0.518. The molecule has 2 aliphatic heterocycles. The van der Waals surface area contributed by atoms with Gasteiger partial charge in [0.1, 0.15) is 9.75 Å². The second-order valence-corrected chi connectivity index (χ2v) is 10.4. The first-order chi connectivity index (χ1) is 14.9. The number of likely N-dealkylation sites (N-methyl/N-ethyl adjacent to an activating group) is 1. The summed E-state index contributed by atoms with van der Waals surface area (Å²) in [6.07, 6.45) is 2.09. The first-order valence-electron chi connectivity index (χ1n) is 11.1. The molecule has 4 nitrogen and oxygen atoms in total. The molecule has 2 amide bonds. The van der Waals surface area contributed by atoms with Gasteiger partial charge in [-0.15, -0.1) is 23.2 Å².